The number of hydrogen-bond donors (Lipinski definition) is 2. The number of H-pyrrole nitrogens is 1. The first-order valence-electron chi connectivity index (χ1n) is 8.98. The number of carbonyl (C=O) groups excluding carboxylic acids is 1. The van der Waals surface area contributed by atoms with Crippen LogP contribution in [0.2, 0.25) is 5.02 Å². The highest BCUT2D eigenvalue weighted by atomic mass is 35.5. The van der Waals surface area contributed by atoms with Crippen molar-refractivity contribution >= 4 is 23.2 Å². The lowest BCUT2D eigenvalue weighted by Crippen LogP contribution is -2.13. The molecule has 0 atom stereocenters. The maximum absolute atomic E-state index is 12.8. The molecule has 0 bridgehead atoms. The first-order chi connectivity index (χ1) is 13.6. The summed E-state index contributed by atoms with van der Waals surface area (Å²) in [6.45, 7) is 0. The van der Waals surface area contributed by atoms with Crippen molar-refractivity contribution in [1.82, 2.24) is 10.2 Å². The van der Waals surface area contributed by atoms with E-state index in [-0.39, 0.29) is 5.91 Å². The van der Waals surface area contributed by atoms with E-state index in [1.54, 1.807) is 38.5 Å². The van der Waals surface area contributed by atoms with E-state index in [2.05, 4.69) is 15.5 Å². The fourth-order valence-corrected chi connectivity index (χ4v) is 3.35. The SMILES string of the molecule is COc1ccc(-c2n[nH]c(C3CC3)c2NC(=O)c2cccc(Cl)c2)cc1OC. The van der Waals surface area contributed by atoms with Gasteiger partial charge in [-0.05, 0) is 49.2 Å². The number of anilines is 1. The van der Waals surface area contributed by atoms with Crippen molar-refractivity contribution in [3.8, 4) is 22.8 Å². The van der Waals surface area contributed by atoms with Crippen molar-refractivity contribution in [2.24, 2.45) is 0 Å². The third-order valence-corrected chi connectivity index (χ3v) is 5.00. The van der Waals surface area contributed by atoms with Gasteiger partial charge in [0.15, 0.2) is 11.5 Å². The molecule has 1 aliphatic rings. The molecule has 1 amide bonds. The predicted molar refractivity (Wildman–Crippen MR) is 109 cm³/mol. The molecular formula is C21H20ClN3O3. The Kier molecular flexibility index (Phi) is 4.96. The van der Waals surface area contributed by atoms with Gasteiger partial charge in [-0.15, -0.1) is 0 Å². The molecule has 28 heavy (non-hydrogen) atoms. The maximum Gasteiger partial charge on any atom is 0.255 e. The van der Waals surface area contributed by atoms with Crippen LogP contribution in [0.5, 0.6) is 11.5 Å². The molecular weight excluding hydrogens is 378 g/mol. The quantitative estimate of drug-likeness (QED) is 0.621. The minimum Gasteiger partial charge on any atom is -0.493 e. The summed E-state index contributed by atoms with van der Waals surface area (Å²) in [6.07, 6.45) is 2.15. The zero-order valence-corrected chi connectivity index (χ0v) is 16.3. The third kappa shape index (κ3) is 3.55. The fourth-order valence-electron chi connectivity index (χ4n) is 3.16. The van der Waals surface area contributed by atoms with E-state index in [9.17, 15) is 4.79 Å². The van der Waals surface area contributed by atoms with Gasteiger partial charge in [0, 0.05) is 22.1 Å². The van der Waals surface area contributed by atoms with Crippen molar-refractivity contribution in [2.45, 2.75) is 18.8 Å². The molecule has 3 aromatic rings. The average Bonchev–Trinajstić information content (AvgIpc) is 3.48. The summed E-state index contributed by atoms with van der Waals surface area (Å²) < 4.78 is 10.7. The molecule has 1 aliphatic carbocycles. The molecule has 0 spiro atoms. The van der Waals surface area contributed by atoms with Gasteiger partial charge in [-0.1, -0.05) is 17.7 Å². The summed E-state index contributed by atoms with van der Waals surface area (Å²) >= 11 is 6.03. The van der Waals surface area contributed by atoms with Crippen LogP contribution in [0.4, 0.5) is 5.69 Å². The van der Waals surface area contributed by atoms with Crippen LogP contribution in [0.3, 0.4) is 0 Å². The molecule has 4 rings (SSSR count). The van der Waals surface area contributed by atoms with Gasteiger partial charge >= 0.3 is 0 Å². The number of nitrogens with one attached hydrogen (secondary N) is 2. The Bertz CT molecular complexity index is 1030. The van der Waals surface area contributed by atoms with Gasteiger partial charge in [0.25, 0.3) is 5.91 Å². The molecule has 2 N–H and O–H groups in total. The van der Waals surface area contributed by atoms with Gasteiger partial charge in [-0.3, -0.25) is 9.89 Å². The lowest BCUT2D eigenvalue weighted by molar-refractivity contribution is 0.102. The monoisotopic (exact) mass is 397 g/mol. The van der Waals surface area contributed by atoms with E-state index in [1.165, 1.54) is 0 Å². The summed E-state index contributed by atoms with van der Waals surface area (Å²) in [5.41, 5.74) is 3.62. The number of benzene rings is 2. The number of nitrogens with zero attached hydrogens (tertiary/aromatic N) is 1. The second-order valence-electron chi connectivity index (χ2n) is 6.67. The van der Waals surface area contributed by atoms with Crippen molar-refractivity contribution in [2.75, 3.05) is 19.5 Å². The molecule has 0 unspecified atom stereocenters. The van der Waals surface area contributed by atoms with Crippen molar-refractivity contribution in [3.05, 3.63) is 58.7 Å². The Balaban J connectivity index is 1.73. The van der Waals surface area contributed by atoms with Crippen LogP contribution in [0.1, 0.15) is 34.8 Å². The first-order valence-corrected chi connectivity index (χ1v) is 9.36. The number of methoxy groups -OCH3 is 2. The molecule has 0 saturated heterocycles. The van der Waals surface area contributed by atoms with Crippen molar-refractivity contribution in [3.63, 3.8) is 0 Å². The second kappa shape index (κ2) is 7.56. The standard InChI is InChI=1S/C21H20ClN3O3/c1-27-16-9-8-13(11-17(16)28-2)19-20(18(24-25-19)12-6-7-12)23-21(26)14-4-3-5-15(22)10-14/h3-5,8-12H,6-7H2,1-2H3,(H,23,26)(H,24,25). The van der Waals surface area contributed by atoms with E-state index in [0.29, 0.717) is 39.4 Å². The number of carbonyl (C=O) groups is 1. The average molecular weight is 398 g/mol. The highest BCUT2D eigenvalue weighted by Crippen LogP contribution is 2.46. The van der Waals surface area contributed by atoms with E-state index >= 15 is 0 Å². The summed E-state index contributed by atoms with van der Waals surface area (Å²) in [5.74, 6) is 1.39. The second-order valence-corrected chi connectivity index (χ2v) is 7.11. The summed E-state index contributed by atoms with van der Waals surface area (Å²) in [5, 5.41) is 11.1. The number of hydrogen-bond acceptors (Lipinski definition) is 4. The topological polar surface area (TPSA) is 76.2 Å². The van der Waals surface area contributed by atoms with Crippen molar-refractivity contribution in [1.29, 1.82) is 0 Å². The Morgan fingerprint density at radius 2 is 1.93 bits per heavy atom. The summed E-state index contributed by atoms with van der Waals surface area (Å²) in [4.78, 5) is 12.8. The van der Waals surface area contributed by atoms with Gasteiger partial charge in [-0.25, -0.2) is 0 Å². The van der Waals surface area contributed by atoms with E-state index in [1.807, 2.05) is 18.2 Å². The molecule has 6 nitrogen and oxygen atoms in total. The normalized spacial score (nSPS) is 13.2. The zero-order chi connectivity index (χ0) is 19.7. The Labute approximate surface area is 167 Å². The van der Waals surface area contributed by atoms with Crippen LogP contribution >= 0.6 is 11.6 Å². The van der Waals surface area contributed by atoms with E-state index in [4.69, 9.17) is 21.1 Å². The molecule has 1 saturated carbocycles. The number of aromatic amines is 1. The van der Waals surface area contributed by atoms with Crippen LogP contribution in [0.25, 0.3) is 11.3 Å². The van der Waals surface area contributed by atoms with Gasteiger partial charge in [0.1, 0.15) is 5.69 Å². The Hall–Kier alpha value is -2.99. The number of aromatic nitrogens is 2. The van der Waals surface area contributed by atoms with Crippen LogP contribution in [0.15, 0.2) is 42.5 Å². The zero-order valence-electron chi connectivity index (χ0n) is 15.6. The van der Waals surface area contributed by atoms with Gasteiger partial charge < -0.3 is 14.8 Å². The highest BCUT2D eigenvalue weighted by molar-refractivity contribution is 6.31. The maximum atomic E-state index is 12.8. The van der Waals surface area contributed by atoms with Gasteiger partial charge in [0.2, 0.25) is 0 Å². The Morgan fingerprint density at radius 3 is 2.61 bits per heavy atom. The number of halogens is 1. The smallest absolute Gasteiger partial charge is 0.255 e. The van der Waals surface area contributed by atoms with Gasteiger partial charge in [-0.2, -0.15) is 5.10 Å². The summed E-state index contributed by atoms with van der Waals surface area (Å²) in [7, 11) is 3.18. The van der Waals surface area contributed by atoms with Crippen molar-refractivity contribution < 1.29 is 14.3 Å². The molecule has 2 aromatic carbocycles. The molecule has 1 aromatic heterocycles. The predicted octanol–water partition coefficient (Wildman–Crippen LogP) is 4.88. The molecule has 7 heteroatoms. The highest BCUT2D eigenvalue weighted by Gasteiger charge is 2.31. The molecule has 0 radical (unpaired) electrons. The number of amides is 1. The lowest BCUT2D eigenvalue weighted by Gasteiger charge is -2.11. The van der Waals surface area contributed by atoms with Crippen LogP contribution < -0.4 is 14.8 Å². The number of rotatable bonds is 6. The van der Waals surface area contributed by atoms with E-state index < -0.39 is 0 Å². The molecule has 0 aliphatic heterocycles. The first kappa shape index (κ1) is 18.4. The number of ether oxygens (including phenoxy) is 2. The minimum absolute atomic E-state index is 0.229. The van der Waals surface area contributed by atoms with Crippen LogP contribution in [0, 0.1) is 0 Å². The minimum atomic E-state index is -0.229. The van der Waals surface area contributed by atoms with Crippen LogP contribution in [-0.2, 0) is 0 Å². The fraction of sp³-hybridized carbons (Fsp3) is 0.238. The largest absolute Gasteiger partial charge is 0.493 e. The Morgan fingerprint density at radius 1 is 1.14 bits per heavy atom. The van der Waals surface area contributed by atoms with Crippen LogP contribution in [-0.4, -0.2) is 30.3 Å². The lowest BCUT2D eigenvalue weighted by atomic mass is 10.1. The van der Waals surface area contributed by atoms with E-state index in [0.717, 1.165) is 24.1 Å². The molecule has 1 heterocycles. The summed E-state index contributed by atoms with van der Waals surface area (Å²) in [6, 6.07) is 12.4. The molecule has 144 valence electrons. The van der Waals surface area contributed by atoms with Gasteiger partial charge in [0.05, 0.1) is 25.6 Å². The molecule has 1 fully saturated rings. The third-order valence-electron chi connectivity index (χ3n) is 4.76.